The number of unbranched alkanes of at least 4 members (excludes halogenated alkanes) is 34. The van der Waals surface area contributed by atoms with Gasteiger partial charge in [0.15, 0.2) is 12.2 Å². The third kappa shape index (κ3) is 72.3. The number of hydrogen-bond donors (Lipinski definition) is 3. The maximum atomic E-state index is 13.1. The van der Waals surface area contributed by atoms with Crippen LogP contribution in [0.15, 0.2) is 97.2 Å². The highest BCUT2D eigenvalue weighted by Crippen LogP contribution is 2.45. The molecule has 17 nitrogen and oxygen atoms in total. The molecule has 5 atom stereocenters. The van der Waals surface area contributed by atoms with Crippen molar-refractivity contribution in [3.63, 3.8) is 0 Å². The van der Waals surface area contributed by atoms with Crippen LogP contribution in [0.2, 0.25) is 0 Å². The van der Waals surface area contributed by atoms with Gasteiger partial charge in [-0.05, 0) is 141 Å². The third-order valence-corrected chi connectivity index (χ3v) is 18.4. The second kappa shape index (κ2) is 73.3. The van der Waals surface area contributed by atoms with E-state index in [1.54, 1.807) is 0 Å². The lowest BCUT2D eigenvalue weighted by molar-refractivity contribution is -0.161. The molecule has 0 aromatic heterocycles. The second-order valence-corrected chi connectivity index (χ2v) is 29.3. The molecule has 0 amide bonds. The van der Waals surface area contributed by atoms with Gasteiger partial charge in [0.05, 0.1) is 26.4 Å². The number of aliphatic hydroxyl groups is 1. The molecular formula is C81H142O17P2. The fraction of sp³-hybridized carbons (Fsp3) is 0.753. The SMILES string of the molecule is CCCCC/C=C\C/C=C\CCCCCCCC(=O)OC[C@H](COP(=O)(O)OC[C@H](O)COP(=O)(O)OC[C@@H](COC(=O)CCCCCCC/C=C\C=C/CCCCCC)OC(=O)CCCCCCC/C=C\C=C/CCCCCC)OC(=O)CCCCCCC/C=C\C/C=C\CCCCC. The average Bonchev–Trinajstić information content (AvgIpc) is 1.01. The molecule has 0 rings (SSSR count). The fourth-order valence-electron chi connectivity index (χ4n) is 10.4. The summed E-state index contributed by atoms with van der Waals surface area (Å²) >= 11 is 0. The van der Waals surface area contributed by atoms with Crippen LogP contribution in [0.1, 0.15) is 336 Å². The van der Waals surface area contributed by atoms with Crippen molar-refractivity contribution in [3.05, 3.63) is 97.2 Å². The molecular weight excluding hydrogens is 1310 g/mol. The van der Waals surface area contributed by atoms with E-state index in [4.69, 9.17) is 37.0 Å². The van der Waals surface area contributed by atoms with E-state index in [0.29, 0.717) is 25.7 Å². The van der Waals surface area contributed by atoms with Crippen molar-refractivity contribution in [1.82, 2.24) is 0 Å². The van der Waals surface area contributed by atoms with Crippen LogP contribution in [0.25, 0.3) is 0 Å². The van der Waals surface area contributed by atoms with Crippen molar-refractivity contribution in [2.75, 3.05) is 39.6 Å². The zero-order valence-corrected chi connectivity index (χ0v) is 64.9. The number of phosphoric ester groups is 2. The van der Waals surface area contributed by atoms with E-state index in [2.05, 4.69) is 125 Å². The third-order valence-electron chi connectivity index (χ3n) is 16.5. The van der Waals surface area contributed by atoms with Crippen LogP contribution in [0.3, 0.4) is 0 Å². The predicted octanol–water partition coefficient (Wildman–Crippen LogP) is 22.8. The maximum Gasteiger partial charge on any atom is 0.472 e. The molecule has 0 aliphatic heterocycles. The molecule has 0 radical (unpaired) electrons. The van der Waals surface area contributed by atoms with Crippen molar-refractivity contribution >= 4 is 39.5 Å². The summed E-state index contributed by atoms with van der Waals surface area (Å²) in [4.78, 5) is 72.9. The van der Waals surface area contributed by atoms with E-state index in [-0.39, 0.29) is 25.7 Å². The lowest BCUT2D eigenvalue weighted by Gasteiger charge is -2.21. The van der Waals surface area contributed by atoms with Gasteiger partial charge in [-0.25, -0.2) is 9.13 Å². The summed E-state index contributed by atoms with van der Waals surface area (Å²) in [6, 6.07) is 0. The number of carbonyl (C=O) groups is 4. The minimum Gasteiger partial charge on any atom is -0.462 e. The zero-order valence-electron chi connectivity index (χ0n) is 63.1. The van der Waals surface area contributed by atoms with Gasteiger partial charge in [0.2, 0.25) is 0 Å². The first kappa shape index (κ1) is 96.0. The minimum absolute atomic E-state index is 0.0738. The number of allylic oxidation sites excluding steroid dienone is 16. The zero-order chi connectivity index (χ0) is 73.2. The summed E-state index contributed by atoms with van der Waals surface area (Å²) in [5.41, 5.74) is 0. The van der Waals surface area contributed by atoms with Crippen molar-refractivity contribution in [3.8, 4) is 0 Å². The number of hydrogen-bond acceptors (Lipinski definition) is 15. The van der Waals surface area contributed by atoms with E-state index in [9.17, 15) is 43.2 Å². The molecule has 0 aliphatic carbocycles. The van der Waals surface area contributed by atoms with Crippen LogP contribution in [0.4, 0.5) is 0 Å². The highest BCUT2D eigenvalue weighted by atomic mass is 31.2. The van der Waals surface area contributed by atoms with Crippen molar-refractivity contribution in [2.24, 2.45) is 0 Å². The molecule has 0 bridgehead atoms. The quantitative estimate of drug-likeness (QED) is 0.0128. The Balaban J connectivity index is 5.40. The van der Waals surface area contributed by atoms with Gasteiger partial charge in [-0.15, -0.1) is 0 Å². The topological polar surface area (TPSA) is 237 Å². The molecule has 0 aliphatic rings. The lowest BCUT2D eigenvalue weighted by atomic mass is 10.1. The Bertz CT molecular complexity index is 2270. The number of phosphoric acid groups is 2. The fourth-order valence-corrected chi connectivity index (χ4v) is 12.0. The Hall–Kier alpha value is -4.02. The monoisotopic (exact) mass is 1450 g/mol. The molecule has 0 fully saturated rings. The Morgan fingerprint density at radius 2 is 0.520 bits per heavy atom. The van der Waals surface area contributed by atoms with Crippen LogP contribution in [-0.2, 0) is 65.4 Å². The van der Waals surface area contributed by atoms with Crippen molar-refractivity contribution in [2.45, 2.75) is 354 Å². The van der Waals surface area contributed by atoms with E-state index >= 15 is 0 Å². The van der Waals surface area contributed by atoms with Crippen LogP contribution >= 0.6 is 15.6 Å². The Morgan fingerprint density at radius 1 is 0.290 bits per heavy atom. The van der Waals surface area contributed by atoms with Gasteiger partial charge in [-0.2, -0.15) is 0 Å². The first-order valence-corrected chi connectivity index (χ1v) is 42.5. The van der Waals surface area contributed by atoms with Crippen LogP contribution in [-0.4, -0.2) is 96.7 Å². The summed E-state index contributed by atoms with van der Waals surface area (Å²) < 4.78 is 68.5. The Morgan fingerprint density at radius 3 is 0.820 bits per heavy atom. The molecule has 0 saturated heterocycles. The average molecular weight is 1450 g/mol. The predicted molar refractivity (Wildman–Crippen MR) is 409 cm³/mol. The minimum atomic E-state index is -4.98. The molecule has 0 heterocycles. The van der Waals surface area contributed by atoms with E-state index in [0.717, 1.165) is 167 Å². The molecule has 0 spiro atoms. The second-order valence-electron chi connectivity index (χ2n) is 26.3. The first-order chi connectivity index (χ1) is 48.7. The van der Waals surface area contributed by atoms with E-state index in [1.807, 2.05) is 0 Å². The van der Waals surface area contributed by atoms with Crippen LogP contribution in [0, 0.1) is 0 Å². The number of ether oxygens (including phenoxy) is 4. The van der Waals surface area contributed by atoms with Gasteiger partial charge < -0.3 is 33.8 Å². The summed E-state index contributed by atoms with van der Waals surface area (Å²) in [5.74, 6) is -2.23. The molecule has 2 unspecified atom stereocenters. The molecule has 100 heavy (non-hydrogen) atoms. The van der Waals surface area contributed by atoms with Crippen LogP contribution < -0.4 is 0 Å². The van der Waals surface area contributed by atoms with E-state index < -0.39 is 97.5 Å². The molecule has 0 aromatic rings. The highest BCUT2D eigenvalue weighted by Gasteiger charge is 2.30. The molecule has 0 saturated carbocycles. The molecule has 0 aromatic carbocycles. The van der Waals surface area contributed by atoms with Crippen molar-refractivity contribution in [1.29, 1.82) is 0 Å². The summed E-state index contributed by atoms with van der Waals surface area (Å²) in [5, 5.41) is 10.6. The molecule has 578 valence electrons. The Labute approximate surface area is 607 Å². The summed E-state index contributed by atoms with van der Waals surface area (Å²) in [7, 11) is -9.97. The first-order valence-electron chi connectivity index (χ1n) is 39.5. The van der Waals surface area contributed by atoms with Gasteiger partial charge in [0.25, 0.3) is 0 Å². The summed E-state index contributed by atoms with van der Waals surface area (Å²) in [6.07, 6.45) is 76.6. The number of rotatable bonds is 74. The molecule has 19 heteroatoms. The van der Waals surface area contributed by atoms with Gasteiger partial charge in [-0.1, -0.05) is 266 Å². The standard InChI is InChI=1S/C81H142O17P2/c1-5-9-13-17-21-25-29-33-37-41-45-49-53-57-61-65-78(83)91-71-76(97-80(85)67-63-59-55-51-47-43-39-35-31-27-23-19-15-11-7-3)73-95-99(87,88)93-69-75(82)70-94-100(89,90)96-74-77(98-81(86)68-64-60-56-52-48-44-40-36-32-28-24-20-16-12-8-4)72-92-79(84)66-62-58-54-50-46-42-38-34-30-26-22-18-14-10-6-2/h21,23,25-28,30,32-40,75-77,82H,5-20,22,24,29,31,41-74H2,1-4H3,(H,87,88)(H,89,90)/b25-21-,27-23-,30-26-,32-28-,37-33-,38-34-,39-35-,40-36-/t75-,76+,77+/m0/s1. The number of aliphatic hydroxyl groups excluding tert-OH is 1. The van der Waals surface area contributed by atoms with E-state index in [1.165, 1.54) is 89.9 Å². The highest BCUT2D eigenvalue weighted by molar-refractivity contribution is 7.47. The summed E-state index contributed by atoms with van der Waals surface area (Å²) in [6.45, 7) is 4.74. The number of esters is 4. The lowest BCUT2D eigenvalue weighted by Crippen LogP contribution is -2.30. The smallest absolute Gasteiger partial charge is 0.462 e. The van der Waals surface area contributed by atoms with Crippen LogP contribution in [0.5, 0.6) is 0 Å². The largest absolute Gasteiger partial charge is 0.472 e. The van der Waals surface area contributed by atoms with Gasteiger partial charge in [-0.3, -0.25) is 37.3 Å². The maximum absolute atomic E-state index is 13.1. The normalized spacial score (nSPS) is 14.4. The number of carbonyl (C=O) groups excluding carboxylic acids is 4. The van der Waals surface area contributed by atoms with Crippen molar-refractivity contribution < 1.29 is 80.2 Å². The Kier molecular flexibility index (Phi) is 70.4. The van der Waals surface area contributed by atoms with Gasteiger partial charge >= 0.3 is 39.5 Å². The molecule has 3 N–H and O–H groups in total. The van der Waals surface area contributed by atoms with Gasteiger partial charge in [0, 0.05) is 25.7 Å². The van der Waals surface area contributed by atoms with Gasteiger partial charge in [0.1, 0.15) is 19.3 Å².